The average molecular weight is 253 g/mol. The van der Waals surface area contributed by atoms with Gasteiger partial charge in [-0.15, -0.1) is 6.58 Å². The van der Waals surface area contributed by atoms with Crippen molar-refractivity contribution in [1.82, 2.24) is 5.32 Å². The van der Waals surface area contributed by atoms with Crippen LogP contribution in [0.3, 0.4) is 0 Å². The monoisotopic (exact) mass is 253 g/mol. The fourth-order valence-corrected chi connectivity index (χ4v) is 2.35. The van der Waals surface area contributed by atoms with E-state index in [2.05, 4.69) is 64.9 Å². The second kappa shape index (κ2) is 5.96. The molecule has 1 N–H and O–H groups in total. The number of benzene rings is 1. The van der Waals surface area contributed by atoms with Gasteiger partial charge in [0.15, 0.2) is 0 Å². The molecule has 1 nitrogen and oxygen atoms in total. The van der Waals surface area contributed by atoms with Gasteiger partial charge in [-0.3, -0.25) is 0 Å². The number of rotatable bonds is 6. The predicted molar refractivity (Wildman–Crippen MR) is 89.2 cm³/mol. The summed E-state index contributed by atoms with van der Waals surface area (Å²) in [4.78, 5) is 0. The third kappa shape index (κ3) is 3.01. The molecule has 0 aliphatic heterocycles. The van der Waals surface area contributed by atoms with Crippen molar-refractivity contribution < 1.29 is 0 Å². The topological polar surface area (TPSA) is 12.0 Å². The van der Waals surface area contributed by atoms with Gasteiger partial charge in [-0.1, -0.05) is 43.0 Å². The molecule has 0 saturated heterocycles. The molecular weight excluding hydrogens is 229 g/mol. The standard InChI is InChI=1S/C17H24BN/c1-7-10-17(18,15(5)19-6)14(4)16-11-12(2)8-9-13(16)3/h7-9,11,19H,1,4-5,10,18H2,2-3,6H3. The van der Waals surface area contributed by atoms with Crippen molar-refractivity contribution in [1.29, 1.82) is 0 Å². The largest absolute Gasteiger partial charge is 0.392 e. The van der Waals surface area contributed by atoms with Gasteiger partial charge >= 0.3 is 0 Å². The predicted octanol–water partition coefficient (Wildman–Crippen LogP) is 3.42. The highest BCUT2D eigenvalue weighted by Gasteiger charge is 2.30. The highest BCUT2D eigenvalue weighted by Crippen LogP contribution is 2.46. The summed E-state index contributed by atoms with van der Waals surface area (Å²) < 4.78 is 0. The van der Waals surface area contributed by atoms with Gasteiger partial charge in [-0.25, -0.2) is 0 Å². The molecule has 0 bridgehead atoms. The number of allylic oxidation sites excluding steroid dienone is 2. The fourth-order valence-electron chi connectivity index (χ4n) is 2.35. The number of nitrogens with one attached hydrogen (secondary N) is 1. The summed E-state index contributed by atoms with van der Waals surface area (Å²) >= 11 is 0. The summed E-state index contributed by atoms with van der Waals surface area (Å²) in [6, 6.07) is 6.47. The molecule has 0 radical (unpaired) electrons. The summed E-state index contributed by atoms with van der Waals surface area (Å²) in [6.45, 7) is 16.6. The molecule has 1 aromatic rings. The minimum Gasteiger partial charge on any atom is -0.392 e. The first-order valence-corrected chi connectivity index (χ1v) is 6.62. The third-order valence-corrected chi connectivity index (χ3v) is 3.90. The van der Waals surface area contributed by atoms with Gasteiger partial charge < -0.3 is 5.32 Å². The fraction of sp³-hybridized carbons (Fsp3) is 0.294. The summed E-state index contributed by atoms with van der Waals surface area (Å²) in [5, 5.41) is 2.96. The third-order valence-electron chi connectivity index (χ3n) is 3.90. The lowest BCUT2D eigenvalue weighted by molar-refractivity contribution is 0.751. The van der Waals surface area contributed by atoms with Crippen molar-refractivity contribution in [3.8, 4) is 0 Å². The molecule has 0 aliphatic rings. The Hall–Kier alpha value is -1.70. The van der Waals surface area contributed by atoms with Crippen LogP contribution in [0.25, 0.3) is 5.57 Å². The molecule has 1 atom stereocenters. The van der Waals surface area contributed by atoms with Gasteiger partial charge in [-0.2, -0.15) is 0 Å². The first kappa shape index (κ1) is 15.4. The van der Waals surface area contributed by atoms with Crippen LogP contribution in [-0.4, -0.2) is 14.9 Å². The number of aryl methyl sites for hydroxylation is 2. The van der Waals surface area contributed by atoms with E-state index in [0.717, 1.165) is 17.7 Å². The molecule has 19 heavy (non-hydrogen) atoms. The Balaban J connectivity index is 3.31. The lowest BCUT2D eigenvalue weighted by atomic mass is 9.58. The summed E-state index contributed by atoms with van der Waals surface area (Å²) in [5.41, 5.74) is 5.76. The Bertz CT molecular complexity index is 516. The van der Waals surface area contributed by atoms with Crippen molar-refractivity contribution in [3.05, 3.63) is 66.4 Å². The second-order valence-electron chi connectivity index (χ2n) is 5.35. The Labute approximate surface area is 118 Å². The van der Waals surface area contributed by atoms with Crippen molar-refractivity contribution in [2.45, 2.75) is 25.6 Å². The maximum Gasteiger partial charge on any atom is 0.123 e. The number of hydrogen-bond acceptors (Lipinski definition) is 1. The van der Waals surface area contributed by atoms with Crippen LogP contribution in [-0.2, 0) is 0 Å². The molecule has 0 aromatic heterocycles. The van der Waals surface area contributed by atoms with Crippen LogP contribution in [0.5, 0.6) is 0 Å². The second-order valence-corrected chi connectivity index (χ2v) is 5.35. The van der Waals surface area contributed by atoms with E-state index in [4.69, 9.17) is 0 Å². The lowest BCUT2D eigenvalue weighted by Crippen LogP contribution is -2.24. The van der Waals surface area contributed by atoms with Crippen LogP contribution >= 0.6 is 0 Å². The zero-order valence-corrected chi connectivity index (χ0v) is 12.6. The van der Waals surface area contributed by atoms with Crippen LogP contribution in [0.2, 0.25) is 5.31 Å². The minimum absolute atomic E-state index is 0.213. The normalized spacial score (nSPS) is 13.4. The molecule has 1 aromatic carbocycles. The average Bonchev–Trinajstić information content (AvgIpc) is 2.39. The van der Waals surface area contributed by atoms with Gasteiger partial charge in [0.2, 0.25) is 0 Å². The van der Waals surface area contributed by atoms with E-state index in [-0.39, 0.29) is 5.31 Å². The molecule has 100 valence electrons. The molecule has 2 heteroatoms. The van der Waals surface area contributed by atoms with Crippen molar-refractivity contribution >= 4 is 13.4 Å². The van der Waals surface area contributed by atoms with Crippen molar-refractivity contribution in [2.24, 2.45) is 0 Å². The maximum absolute atomic E-state index is 4.34. The number of hydrogen-bond donors (Lipinski definition) is 1. The highest BCUT2D eigenvalue weighted by molar-refractivity contribution is 6.25. The summed E-state index contributed by atoms with van der Waals surface area (Å²) in [6.07, 6.45) is 2.75. The molecule has 1 unspecified atom stereocenters. The van der Waals surface area contributed by atoms with Crippen LogP contribution in [0.4, 0.5) is 0 Å². The van der Waals surface area contributed by atoms with E-state index in [1.807, 2.05) is 13.1 Å². The van der Waals surface area contributed by atoms with E-state index in [0.29, 0.717) is 0 Å². The van der Waals surface area contributed by atoms with Crippen LogP contribution in [0.1, 0.15) is 23.1 Å². The Morgan fingerprint density at radius 2 is 2.00 bits per heavy atom. The summed E-state index contributed by atoms with van der Waals surface area (Å²) in [7, 11) is 4.07. The van der Waals surface area contributed by atoms with Gasteiger partial charge in [-0.05, 0) is 37.0 Å². The zero-order chi connectivity index (χ0) is 14.6. The quantitative estimate of drug-likeness (QED) is 0.605. The smallest absolute Gasteiger partial charge is 0.123 e. The van der Waals surface area contributed by atoms with Gasteiger partial charge in [0.25, 0.3) is 0 Å². The van der Waals surface area contributed by atoms with Crippen molar-refractivity contribution in [2.75, 3.05) is 7.05 Å². The van der Waals surface area contributed by atoms with E-state index in [9.17, 15) is 0 Å². The van der Waals surface area contributed by atoms with Gasteiger partial charge in [0.1, 0.15) is 7.85 Å². The van der Waals surface area contributed by atoms with E-state index < -0.39 is 0 Å². The molecule has 0 amide bonds. The van der Waals surface area contributed by atoms with Crippen LogP contribution in [0, 0.1) is 13.8 Å². The minimum atomic E-state index is -0.213. The molecule has 0 heterocycles. The van der Waals surface area contributed by atoms with Crippen LogP contribution < -0.4 is 5.32 Å². The lowest BCUT2D eigenvalue weighted by Gasteiger charge is -2.34. The van der Waals surface area contributed by atoms with Gasteiger partial charge in [0, 0.05) is 18.1 Å². The highest BCUT2D eigenvalue weighted by atomic mass is 14.8. The molecular formula is C17H24BN. The van der Waals surface area contributed by atoms with E-state index in [1.54, 1.807) is 0 Å². The van der Waals surface area contributed by atoms with Gasteiger partial charge in [0.05, 0.1) is 0 Å². The van der Waals surface area contributed by atoms with E-state index >= 15 is 0 Å². The summed E-state index contributed by atoms with van der Waals surface area (Å²) in [5.74, 6) is 0. The first-order valence-electron chi connectivity index (χ1n) is 6.62. The van der Waals surface area contributed by atoms with Crippen LogP contribution in [0.15, 0.2) is 49.7 Å². The SMILES string of the molecule is BC(CC=C)(C(=C)NC)C(=C)c1cc(C)ccc1C. The Morgan fingerprint density at radius 1 is 1.37 bits per heavy atom. The molecule has 0 saturated carbocycles. The first-order chi connectivity index (χ1) is 8.86. The molecule has 0 spiro atoms. The molecule has 0 fully saturated rings. The molecule has 1 rings (SSSR count). The van der Waals surface area contributed by atoms with E-state index in [1.165, 1.54) is 16.7 Å². The maximum atomic E-state index is 4.34. The molecule has 0 aliphatic carbocycles. The Morgan fingerprint density at radius 3 is 2.53 bits per heavy atom. The van der Waals surface area contributed by atoms with Crippen molar-refractivity contribution in [3.63, 3.8) is 0 Å². The zero-order valence-electron chi connectivity index (χ0n) is 12.6. The Kier molecular flexibility index (Phi) is 4.82.